The van der Waals surface area contributed by atoms with Crippen molar-refractivity contribution in [3.05, 3.63) is 29.6 Å². The van der Waals surface area contributed by atoms with Crippen LogP contribution in [0, 0.1) is 13.8 Å². The lowest BCUT2D eigenvalue weighted by Crippen LogP contribution is -2.50. The molecule has 8 nitrogen and oxygen atoms in total. The molecule has 0 radical (unpaired) electrons. The Morgan fingerprint density at radius 2 is 1.82 bits per heavy atom. The van der Waals surface area contributed by atoms with Gasteiger partial charge in [0.05, 0.1) is 11.0 Å². The minimum Gasteiger partial charge on any atom is -0.444 e. The number of nitrogens with zero attached hydrogens (tertiary/aromatic N) is 6. The van der Waals surface area contributed by atoms with Crippen molar-refractivity contribution >= 4 is 28.6 Å². The summed E-state index contributed by atoms with van der Waals surface area (Å²) in [5.41, 5.74) is 4.51. The van der Waals surface area contributed by atoms with Crippen molar-refractivity contribution in [1.29, 1.82) is 0 Å². The number of hydrogen-bond acceptors (Lipinski definition) is 6. The van der Waals surface area contributed by atoms with Gasteiger partial charge in [0, 0.05) is 26.2 Å². The highest BCUT2D eigenvalue weighted by Crippen LogP contribution is 2.27. The lowest BCUT2D eigenvalue weighted by molar-refractivity contribution is 0.0240. The first-order valence-corrected chi connectivity index (χ1v) is 9.56. The zero-order chi connectivity index (χ0) is 20.1. The topological polar surface area (TPSA) is 75.9 Å². The van der Waals surface area contributed by atoms with Gasteiger partial charge in [-0.1, -0.05) is 6.07 Å². The van der Waals surface area contributed by atoms with Crippen molar-refractivity contribution in [2.24, 2.45) is 0 Å². The molecule has 1 saturated heterocycles. The van der Waals surface area contributed by atoms with E-state index < -0.39 is 5.60 Å². The van der Waals surface area contributed by atoms with E-state index in [1.165, 1.54) is 5.56 Å². The van der Waals surface area contributed by atoms with Crippen LogP contribution >= 0.6 is 0 Å². The lowest BCUT2D eigenvalue weighted by atomic mass is 10.1. The summed E-state index contributed by atoms with van der Waals surface area (Å²) >= 11 is 0. The molecule has 0 atom stereocenters. The molecule has 0 spiro atoms. The van der Waals surface area contributed by atoms with E-state index in [0.29, 0.717) is 26.2 Å². The van der Waals surface area contributed by atoms with E-state index in [1.807, 2.05) is 25.2 Å². The standard InChI is InChI=1S/C20H26N6O2/c1-13-10-14(2)16-15(11-13)26-12-21-23-18(26)17(22-16)24-6-8-25(9-7-24)19(27)28-20(3,4)5/h10-12H,6-9H2,1-5H3. The molecule has 3 aromatic rings. The van der Waals surface area contributed by atoms with Crippen LogP contribution < -0.4 is 4.90 Å². The molecule has 1 aliphatic rings. The largest absolute Gasteiger partial charge is 0.444 e. The molecule has 28 heavy (non-hydrogen) atoms. The first kappa shape index (κ1) is 18.5. The molecular weight excluding hydrogens is 356 g/mol. The minimum absolute atomic E-state index is 0.266. The highest BCUT2D eigenvalue weighted by molar-refractivity contribution is 5.86. The SMILES string of the molecule is Cc1cc(C)c2nc(N3CCN(C(=O)OC(C)(C)C)CC3)c3nncn3c2c1. The third kappa shape index (κ3) is 3.34. The predicted octanol–water partition coefficient (Wildman–Crippen LogP) is 2.95. The zero-order valence-corrected chi connectivity index (χ0v) is 17.1. The molecule has 148 valence electrons. The summed E-state index contributed by atoms with van der Waals surface area (Å²) in [5.74, 6) is 0.806. The first-order chi connectivity index (χ1) is 13.2. The Kier molecular flexibility index (Phi) is 4.36. The number of piperazine rings is 1. The van der Waals surface area contributed by atoms with Crippen molar-refractivity contribution in [1.82, 2.24) is 24.5 Å². The highest BCUT2D eigenvalue weighted by atomic mass is 16.6. The molecule has 1 amide bonds. The number of ether oxygens (including phenoxy) is 1. The second kappa shape index (κ2) is 6.61. The van der Waals surface area contributed by atoms with Crippen molar-refractivity contribution in [2.75, 3.05) is 31.1 Å². The van der Waals surface area contributed by atoms with E-state index in [9.17, 15) is 4.79 Å². The number of rotatable bonds is 1. The maximum Gasteiger partial charge on any atom is 0.410 e. The van der Waals surface area contributed by atoms with Crippen LogP contribution in [0.4, 0.5) is 10.6 Å². The Labute approximate surface area is 164 Å². The van der Waals surface area contributed by atoms with Crippen LogP contribution in [-0.4, -0.2) is 62.4 Å². The fourth-order valence-electron chi connectivity index (χ4n) is 3.63. The van der Waals surface area contributed by atoms with Crippen molar-refractivity contribution in [3.8, 4) is 0 Å². The van der Waals surface area contributed by atoms with Crippen molar-refractivity contribution in [3.63, 3.8) is 0 Å². The highest BCUT2D eigenvalue weighted by Gasteiger charge is 2.28. The molecule has 1 aromatic carbocycles. The third-order valence-electron chi connectivity index (χ3n) is 4.88. The van der Waals surface area contributed by atoms with Gasteiger partial charge in [0.1, 0.15) is 11.9 Å². The number of hydrogen-bond donors (Lipinski definition) is 0. The van der Waals surface area contributed by atoms with Crippen molar-refractivity contribution < 1.29 is 9.53 Å². The molecular formula is C20H26N6O2. The number of aryl methyl sites for hydroxylation is 2. The summed E-state index contributed by atoms with van der Waals surface area (Å²) in [4.78, 5) is 21.2. The van der Waals surface area contributed by atoms with Crippen LogP contribution in [0.3, 0.4) is 0 Å². The summed E-state index contributed by atoms with van der Waals surface area (Å²) in [7, 11) is 0. The molecule has 0 unspecified atom stereocenters. The number of carbonyl (C=O) groups excluding carboxylic acids is 1. The van der Waals surface area contributed by atoms with E-state index >= 15 is 0 Å². The zero-order valence-electron chi connectivity index (χ0n) is 17.1. The molecule has 4 rings (SSSR count). The molecule has 1 fully saturated rings. The van der Waals surface area contributed by atoms with E-state index in [-0.39, 0.29) is 6.09 Å². The summed E-state index contributed by atoms with van der Waals surface area (Å²) in [6.45, 7) is 12.3. The first-order valence-electron chi connectivity index (χ1n) is 9.56. The minimum atomic E-state index is -0.489. The molecule has 1 aliphatic heterocycles. The molecule has 2 aromatic heterocycles. The molecule has 3 heterocycles. The summed E-state index contributed by atoms with van der Waals surface area (Å²) in [6.07, 6.45) is 1.47. The third-order valence-corrected chi connectivity index (χ3v) is 4.88. The maximum absolute atomic E-state index is 12.3. The lowest BCUT2D eigenvalue weighted by Gasteiger charge is -2.36. The van der Waals surface area contributed by atoms with Gasteiger partial charge < -0.3 is 14.5 Å². The molecule has 0 N–H and O–H groups in total. The number of amides is 1. The Morgan fingerprint density at radius 1 is 1.11 bits per heavy atom. The van der Waals surface area contributed by atoms with Gasteiger partial charge in [0.15, 0.2) is 5.82 Å². The van der Waals surface area contributed by atoms with E-state index in [1.54, 1.807) is 11.2 Å². The molecule has 0 saturated carbocycles. The van der Waals surface area contributed by atoms with Crippen LogP contribution in [0.15, 0.2) is 18.5 Å². The Hall–Kier alpha value is -2.90. The van der Waals surface area contributed by atoms with Crippen molar-refractivity contribution in [2.45, 2.75) is 40.2 Å². The molecule has 0 bridgehead atoms. The van der Waals surface area contributed by atoms with Gasteiger partial charge >= 0.3 is 6.09 Å². The van der Waals surface area contributed by atoms with Crippen LogP contribution in [0.1, 0.15) is 31.9 Å². The van der Waals surface area contributed by atoms with Crippen LogP contribution in [0.2, 0.25) is 0 Å². The normalized spacial score (nSPS) is 15.5. The van der Waals surface area contributed by atoms with Gasteiger partial charge in [-0.3, -0.25) is 4.40 Å². The second-order valence-electron chi connectivity index (χ2n) is 8.36. The van der Waals surface area contributed by atoms with E-state index in [4.69, 9.17) is 9.72 Å². The summed E-state index contributed by atoms with van der Waals surface area (Å²) in [6, 6.07) is 4.24. The van der Waals surface area contributed by atoms with Gasteiger partial charge in [-0.25, -0.2) is 9.78 Å². The van der Waals surface area contributed by atoms with Gasteiger partial charge in [-0.15, -0.1) is 10.2 Å². The average Bonchev–Trinajstić information content (AvgIpc) is 3.10. The maximum atomic E-state index is 12.3. The number of benzene rings is 1. The fourth-order valence-corrected chi connectivity index (χ4v) is 3.63. The smallest absolute Gasteiger partial charge is 0.410 e. The predicted molar refractivity (Wildman–Crippen MR) is 108 cm³/mol. The van der Waals surface area contributed by atoms with Gasteiger partial charge in [-0.05, 0) is 51.8 Å². The average molecular weight is 382 g/mol. The van der Waals surface area contributed by atoms with Crippen LogP contribution in [0.25, 0.3) is 16.7 Å². The van der Waals surface area contributed by atoms with Gasteiger partial charge in [-0.2, -0.15) is 0 Å². The second-order valence-corrected chi connectivity index (χ2v) is 8.36. The van der Waals surface area contributed by atoms with Gasteiger partial charge in [0.25, 0.3) is 0 Å². The van der Waals surface area contributed by atoms with Crippen LogP contribution in [-0.2, 0) is 4.74 Å². The summed E-state index contributed by atoms with van der Waals surface area (Å²) in [5, 5.41) is 8.42. The number of fused-ring (bicyclic) bond motifs is 3. The molecule has 8 heteroatoms. The summed E-state index contributed by atoms with van der Waals surface area (Å²) < 4.78 is 7.48. The quantitative estimate of drug-likeness (QED) is 0.644. The Balaban J connectivity index is 1.63. The van der Waals surface area contributed by atoms with Crippen LogP contribution in [0.5, 0.6) is 0 Å². The van der Waals surface area contributed by atoms with Gasteiger partial charge in [0.2, 0.25) is 5.65 Å². The number of carbonyl (C=O) groups is 1. The Bertz CT molecular complexity index is 1040. The monoisotopic (exact) mass is 382 g/mol. The molecule has 0 aliphatic carbocycles. The fraction of sp³-hybridized carbons (Fsp3) is 0.500. The number of anilines is 1. The Morgan fingerprint density at radius 3 is 2.50 bits per heavy atom. The van der Waals surface area contributed by atoms with E-state index in [0.717, 1.165) is 28.1 Å². The number of aromatic nitrogens is 4. The van der Waals surface area contributed by atoms with E-state index in [2.05, 4.69) is 41.1 Å².